The Morgan fingerprint density at radius 2 is 1.82 bits per heavy atom. The van der Waals surface area contributed by atoms with Crippen LogP contribution in [0.3, 0.4) is 0 Å². The van der Waals surface area contributed by atoms with Gasteiger partial charge in [0.15, 0.2) is 0 Å². The minimum atomic E-state index is -0.167. The van der Waals surface area contributed by atoms with E-state index in [2.05, 4.69) is 31.8 Å². The molecular formula is C24H20N2O2. The maximum atomic E-state index is 12.4. The fourth-order valence-electron chi connectivity index (χ4n) is 3.48. The third-order valence-corrected chi connectivity index (χ3v) is 4.91. The molecule has 1 N–H and O–H groups in total. The summed E-state index contributed by atoms with van der Waals surface area (Å²) in [5.41, 5.74) is 5.43. The Balaban J connectivity index is 2.05. The lowest BCUT2D eigenvalue weighted by molar-refractivity contribution is 0.559. The number of hydrogen-bond acceptors (Lipinski definition) is 3. The van der Waals surface area contributed by atoms with E-state index in [-0.39, 0.29) is 11.0 Å². The molecule has 0 aliphatic rings. The lowest BCUT2D eigenvalue weighted by atomic mass is 9.83. The van der Waals surface area contributed by atoms with E-state index < -0.39 is 0 Å². The van der Waals surface area contributed by atoms with Gasteiger partial charge in [0, 0.05) is 28.3 Å². The second-order valence-electron chi connectivity index (χ2n) is 7.91. The number of nitrogens with zero attached hydrogens (tertiary/aromatic N) is 1. The monoisotopic (exact) mass is 368 g/mol. The van der Waals surface area contributed by atoms with Gasteiger partial charge in [0.1, 0.15) is 5.58 Å². The van der Waals surface area contributed by atoms with Gasteiger partial charge in [0.25, 0.3) is 5.56 Å². The van der Waals surface area contributed by atoms with Crippen LogP contribution in [0.1, 0.15) is 31.9 Å². The molecule has 0 aliphatic carbocycles. The van der Waals surface area contributed by atoms with E-state index in [0.29, 0.717) is 11.1 Å². The summed E-state index contributed by atoms with van der Waals surface area (Å²) in [7, 11) is 0. The molecular weight excluding hydrogens is 348 g/mol. The summed E-state index contributed by atoms with van der Waals surface area (Å²) in [6.45, 7) is 6.37. The van der Waals surface area contributed by atoms with Gasteiger partial charge in [-0.05, 0) is 52.9 Å². The number of rotatable bonds is 2. The first kappa shape index (κ1) is 17.8. The van der Waals surface area contributed by atoms with Crippen LogP contribution in [0.25, 0.3) is 33.2 Å². The summed E-state index contributed by atoms with van der Waals surface area (Å²) < 4.78 is 5.99. The summed E-state index contributed by atoms with van der Waals surface area (Å²) in [6.07, 6.45) is 3.36. The number of aromatic amines is 1. The highest BCUT2D eigenvalue weighted by Crippen LogP contribution is 2.39. The zero-order chi connectivity index (χ0) is 19.9. The van der Waals surface area contributed by atoms with Gasteiger partial charge in [0.05, 0.1) is 17.9 Å². The van der Waals surface area contributed by atoms with Crippen molar-refractivity contribution in [2.24, 2.45) is 0 Å². The maximum absolute atomic E-state index is 12.4. The number of hydrogen-bond donors (Lipinski definition) is 1. The predicted octanol–water partition coefficient (Wildman–Crippen LogP) is 5.62. The molecule has 4 rings (SSSR count). The molecule has 138 valence electrons. The predicted molar refractivity (Wildman–Crippen MR) is 111 cm³/mol. The van der Waals surface area contributed by atoms with E-state index in [1.54, 1.807) is 18.5 Å². The van der Waals surface area contributed by atoms with E-state index in [4.69, 9.17) is 4.42 Å². The standard InChI is InChI=1S/C24H20N2O2/c1-24(2,3)21-12-17(18-8-5-9-26-23(18)27)11-19-20(14-28-22(19)21)16-7-4-6-15(10-16)13-25/h4-12,14H,1-3H3,(H,26,27). The van der Waals surface area contributed by atoms with Gasteiger partial charge in [-0.15, -0.1) is 0 Å². The molecule has 0 atom stereocenters. The number of aromatic nitrogens is 1. The molecule has 0 saturated heterocycles. The van der Waals surface area contributed by atoms with Crippen LogP contribution < -0.4 is 5.56 Å². The molecule has 0 amide bonds. The van der Waals surface area contributed by atoms with Gasteiger partial charge in [0.2, 0.25) is 0 Å². The molecule has 2 aromatic heterocycles. The van der Waals surface area contributed by atoms with Crippen LogP contribution in [-0.4, -0.2) is 4.98 Å². The van der Waals surface area contributed by atoms with Crippen molar-refractivity contribution < 1.29 is 4.42 Å². The molecule has 0 radical (unpaired) electrons. The highest BCUT2D eigenvalue weighted by atomic mass is 16.3. The van der Waals surface area contributed by atoms with E-state index in [9.17, 15) is 10.1 Å². The molecule has 0 unspecified atom stereocenters. The smallest absolute Gasteiger partial charge is 0.255 e. The summed E-state index contributed by atoms with van der Waals surface area (Å²) in [4.78, 5) is 15.1. The largest absolute Gasteiger partial charge is 0.463 e. The number of pyridine rings is 1. The van der Waals surface area contributed by atoms with Gasteiger partial charge in [-0.25, -0.2) is 0 Å². The average molecular weight is 368 g/mol. The molecule has 0 fully saturated rings. The van der Waals surface area contributed by atoms with Crippen LogP contribution in [0.2, 0.25) is 0 Å². The number of nitriles is 1. The number of nitrogens with one attached hydrogen (secondary N) is 1. The summed E-state index contributed by atoms with van der Waals surface area (Å²) in [6, 6.07) is 17.3. The Bertz CT molecular complexity index is 1280. The maximum Gasteiger partial charge on any atom is 0.255 e. The van der Waals surface area contributed by atoms with Crippen molar-refractivity contribution in [1.29, 1.82) is 5.26 Å². The zero-order valence-corrected chi connectivity index (χ0v) is 16.0. The van der Waals surface area contributed by atoms with Gasteiger partial charge in [-0.2, -0.15) is 5.26 Å². The van der Waals surface area contributed by atoms with Crippen molar-refractivity contribution >= 4 is 11.0 Å². The number of fused-ring (bicyclic) bond motifs is 1. The number of furan rings is 1. The topological polar surface area (TPSA) is 69.8 Å². The minimum absolute atomic E-state index is 0.127. The lowest BCUT2D eigenvalue weighted by Gasteiger charge is -2.20. The molecule has 0 saturated carbocycles. The van der Waals surface area contributed by atoms with Crippen molar-refractivity contribution in [1.82, 2.24) is 4.98 Å². The normalized spacial score (nSPS) is 11.5. The van der Waals surface area contributed by atoms with Crippen molar-refractivity contribution in [2.45, 2.75) is 26.2 Å². The molecule has 2 aromatic carbocycles. The van der Waals surface area contributed by atoms with E-state index in [1.807, 2.05) is 42.5 Å². The van der Waals surface area contributed by atoms with Crippen LogP contribution in [0, 0.1) is 11.3 Å². The van der Waals surface area contributed by atoms with Crippen LogP contribution in [-0.2, 0) is 5.41 Å². The van der Waals surface area contributed by atoms with Gasteiger partial charge < -0.3 is 9.40 Å². The van der Waals surface area contributed by atoms with Crippen LogP contribution in [0.15, 0.2) is 70.2 Å². The SMILES string of the molecule is CC(C)(C)c1cc(-c2ccc[nH]c2=O)cc2c(-c3cccc(C#N)c3)coc12. The molecule has 0 aliphatic heterocycles. The first-order valence-electron chi connectivity index (χ1n) is 9.13. The van der Waals surface area contributed by atoms with Crippen molar-refractivity contribution in [3.05, 3.63) is 82.5 Å². The Kier molecular flexibility index (Phi) is 4.16. The first-order valence-corrected chi connectivity index (χ1v) is 9.13. The van der Waals surface area contributed by atoms with Gasteiger partial charge in [-0.1, -0.05) is 32.9 Å². The Morgan fingerprint density at radius 1 is 1.00 bits per heavy atom. The summed E-state index contributed by atoms with van der Waals surface area (Å²) in [5, 5.41) is 10.2. The Labute approximate surface area is 163 Å². The fraction of sp³-hybridized carbons (Fsp3) is 0.167. The van der Waals surface area contributed by atoms with E-state index in [1.165, 1.54) is 0 Å². The minimum Gasteiger partial charge on any atom is -0.463 e. The van der Waals surface area contributed by atoms with E-state index in [0.717, 1.165) is 33.2 Å². The van der Waals surface area contributed by atoms with Crippen LogP contribution >= 0.6 is 0 Å². The first-order chi connectivity index (χ1) is 13.4. The van der Waals surface area contributed by atoms with Crippen molar-refractivity contribution in [2.75, 3.05) is 0 Å². The quantitative estimate of drug-likeness (QED) is 0.499. The van der Waals surface area contributed by atoms with Crippen molar-refractivity contribution in [3.8, 4) is 28.3 Å². The zero-order valence-electron chi connectivity index (χ0n) is 16.0. The number of H-pyrrole nitrogens is 1. The highest BCUT2D eigenvalue weighted by molar-refractivity contribution is 5.98. The fourth-order valence-corrected chi connectivity index (χ4v) is 3.48. The molecule has 4 nitrogen and oxygen atoms in total. The molecule has 0 bridgehead atoms. The average Bonchev–Trinajstić information content (AvgIpc) is 3.10. The van der Waals surface area contributed by atoms with Crippen molar-refractivity contribution in [3.63, 3.8) is 0 Å². The molecule has 0 spiro atoms. The molecule has 28 heavy (non-hydrogen) atoms. The van der Waals surface area contributed by atoms with Gasteiger partial charge in [-0.3, -0.25) is 4.79 Å². The molecule has 4 heteroatoms. The molecule has 2 heterocycles. The third kappa shape index (κ3) is 3.01. The third-order valence-electron chi connectivity index (χ3n) is 4.91. The lowest BCUT2D eigenvalue weighted by Crippen LogP contribution is -2.13. The molecule has 4 aromatic rings. The van der Waals surface area contributed by atoms with Gasteiger partial charge >= 0.3 is 0 Å². The highest BCUT2D eigenvalue weighted by Gasteiger charge is 2.23. The van der Waals surface area contributed by atoms with E-state index >= 15 is 0 Å². The van der Waals surface area contributed by atoms with Crippen LogP contribution in [0.5, 0.6) is 0 Å². The second kappa shape index (κ2) is 6.54. The number of benzene rings is 2. The van der Waals surface area contributed by atoms with Crippen LogP contribution in [0.4, 0.5) is 0 Å². The Hall–Kier alpha value is -3.58. The summed E-state index contributed by atoms with van der Waals surface area (Å²) >= 11 is 0. The Morgan fingerprint density at radius 3 is 2.54 bits per heavy atom. The summed E-state index contributed by atoms with van der Waals surface area (Å²) in [5.74, 6) is 0. The second-order valence-corrected chi connectivity index (χ2v) is 7.91.